The third kappa shape index (κ3) is 5.13. The Kier molecular flexibility index (Phi) is 7.54. The number of pyridine rings is 1. The Balaban J connectivity index is 1.63. The highest BCUT2D eigenvalue weighted by Crippen LogP contribution is 2.41. The minimum Gasteiger partial charge on any atom is -0.497 e. The SMILES string of the molecule is COc1ccc(CNC(=O)c2cc(-c3cc(OC)c(OC)cc3OC)nc3n[nH]c(-c4ccc(C)cc4)c23)cc1. The van der Waals surface area contributed by atoms with Crippen LogP contribution in [0.4, 0.5) is 0 Å². The number of hydrogen-bond acceptors (Lipinski definition) is 7. The second-order valence-electron chi connectivity index (χ2n) is 9.16. The molecule has 0 aliphatic heterocycles. The maximum absolute atomic E-state index is 13.8. The molecule has 40 heavy (non-hydrogen) atoms. The summed E-state index contributed by atoms with van der Waals surface area (Å²) in [6, 6.07) is 20.8. The van der Waals surface area contributed by atoms with Gasteiger partial charge in [-0.2, -0.15) is 5.10 Å². The zero-order valence-electron chi connectivity index (χ0n) is 23.0. The van der Waals surface area contributed by atoms with Gasteiger partial charge in [-0.1, -0.05) is 42.0 Å². The number of carbonyl (C=O) groups excluding carboxylic acids is 1. The van der Waals surface area contributed by atoms with Crippen molar-refractivity contribution in [2.75, 3.05) is 28.4 Å². The number of carbonyl (C=O) groups is 1. The highest BCUT2D eigenvalue weighted by molar-refractivity contribution is 6.11. The number of rotatable bonds is 9. The number of ether oxygens (including phenoxy) is 4. The Bertz CT molecular complexity index is 1660. The second kappa shape index (κ2) is 11.4. The molecule has 3 aromatic carbocycles. The van der Waals surface area contributed by atoms with Gasteiger partial charge in [0.05, 0.1) is 50.8 Å². The molecular formula is C31H30N4O5. The largest absolute Gasteiger partial charge is 0.497 e. The van der Waals surface area contributed by atoms with Crippen LogP contribution in [0.3, 0.4) is 0 Å². The number of aryl methyl sites for hydroxylation is 1. The zero-order valence-corrected chi connectivity index (χ0v) is 23.0. The van der Waals surface area contributed by atoms with Crippen LogP contribution in [0.25, 0.3) is 33.5 Å². The van der Waals surface area contributed by atoms with Crippen LogP contribution < -0.4 is 24.3 Å². The topological polar surface area (TPSA) is 108 Å². The van der Waals surface area contributed by atoms with Crippen molar-refractivity contribution in [1.29, 1.82) is 0 Å². The number of fused-ring (bicyclic) bond motifs is 1. The first kappa shape index (κ1) is 26.6. The van der Waals surface area contributed by atoms with E-state index in [0.29, 0.717) is 57.3 Å². The number of nitrogens with zero attached hydrogens (tertiary/aromatic N) is 2. The van der Waals surface area contributed by atoms with Gasteiger partial charge in [0.15, 0.2) is 17.1 Å². The molecule has 204 valence electrons. The summed E-state index contributed by atoms with van der Waals surface area (Å²) in [5.41, 5.74) is 5.64. The number of methoxy groups -OCH3 is 4. The lowest BCUT2D eigenvalue weighted by molar-refractivity contribution is 0.0952. The molecule has 0 atom stereocenters. The second-order valence-corrected chi connectivity index (χ2v) is 9.16. The van der Waals surface area contributed by atoms with E-state index in [1.807, 2.05) is 55.5 Å². The first-order chi connectivity index (χ1) is 19.4. The van der Waals surface area contributed by atoms with Gasteiger partial charge in [-0.15, -0.1) is 0 Å². The van der Waals surface area contributed by atoms with Gasteiger partial charge in [-0.05, 0) is 36.8 Å². The van der Waals surface area contributed by atoms with Crippen molar-refractivity contribution >= 4 is 16.9 Å². The Hall–Kier alpha value is -5.05. The quantitative estimate of drug-likeness (QED) is 0.253. The molecule has 0 bridgehead atoms. The van der Waals surface area contributed by atoms with Crippen molar-refractivity contribution in [1.82, 2.24) is 20.5 Å². The molecule has 0 spiro atoms. The van der Waals surface area contributed by atoms with E-state index in [1.54, 1.807) is 46.6 Å². The highest BCUT2D eigenvalue weighted by Gasteiger charge is 2.23. The van der Waals surface area contributed by atoms with E-state index in [1.165, 1.54) is 0 Å². The van der Waals surface area contributed by atoms with Crippen LogP contribution in [-0.4, -0.2) is 49.5 Å². The van der Waals surface area contributed by atoms with Gasteiger partial charge < -0.3 is 24.3 Å². The molecule has 2 heterocycles. The van der Waals surface area contributed by atoms with Crippen molar-refractivity contribution in [2.24, 2.45) is 0 Å². The lowest BCUT2D eigenvalue weighted by atomic mass is 10.0. The molecule has 9 nitrogen and oxygen atoms in total. The van der Waals surface area contributed by atoms with Gasteiger partial charge in [0, 0.05) is 23.7 Å². The Labute approximate surface area is 232 Å². The molecule has 1 amide bonds. The summed E-state index contributed by atoms with van der Waals surface area (Å²) in [4.78, 5) is 18.6. The summed E-state index contributed by atoms with van der Waals surface area (Å²) >= 11 is 0. The number of hydrogen-bond donors (Lipinski definition) is 2. The van der Waals surface area contributed by atoms with Crippen molar-refractivity contribution in [3.8, 4) is 45.5 Å². The number of benzene rings is 3. The predicted octanol–water partition coefficient (Wildman–Crippen LogP) is 5.56. The number of H-pyrrole nitrogens is 1. The molecule has 0 saturated heterocycles. The van der Waals surface area contributed by atoms with Crippen LogP contribution >= 0.6 is 0 Å². The van der Waals surface area contributed by atoms with E-state index < -0.39 is 0 Å². The van der Waals surface area contributed by atoms with Gasteiger partial charge in [0.1, 0.15) is 11.5 Å². The average molecular weight is 539 g/mol. The molecule has 0 fully saturated rings. The Morgan fingerprint density at radius 1 is 0.825 bits per heavy atom. The Morgan fingerprint density at radius 2 is 1.50 bits per heavy atom. The first-order valence-corrected chi connectivity index (χ1v) is 12.6. The number of nitrogens with one attached hydrogen (secondary N) is 2. The van der Waals surface area contributed by atoms with Crippen molar-refractivity contribution in [3.05, 3.63) is 83.4 Å². The lowest BCUT2D eigenvalue weighted by Gasteiger charge is -2.15. The standard InChI is InChI=1S/C31H30N4O5/c1-18-6-10-20(11-7-18)29-28-23(31(36)32-17-19-8-12-21(37-2)13-9-19)14-24(33-30(28)35-34-29)22-15-26(39-4)27(40-5)16-25(22)38-3/h6-16H,17H2,1-5H3,(H,32,36)(H,33,34,35). The predicted molar refractivity (Wildman–Crippen MR) is 153 cm³/mol. The van der Waals surface area contributed by atoms with Crippen LogP contribution in [0, 0.1) is 6.92 Å². The summed E-state index contributed by atoms with van der Waals surface area (Å²) in [5, 5.41) is 11.3. The van der Waals surface area contributed by atoms with Gasteiger partial charge in [0.25, 0.3) is 5.91 Å². The molecule has 0 unspecified atom stereocenters. The third-order valence-electron chi connectivity index (χ3n) is 6.70. The van der Waals surface area contributed by atoms with Crippen molar-refractivity contribution in [3.63, 3.8) is 0 Å². The van der Waals surface area contributed by atoms with Crippen LogP contribution in [-0.2, 0) is 6.54 Å². The molecule has 0 saturated carbocycles. The van der Waals surface area contributed by atoms with E-state index in [-0.39, 0.29) is 5.91 Å². The van der Waals surface area contributed by atoms with Gasteiger partial charge in [-0.25, -0.2) is 4.98 Å². The summed E-state index contributed by atoms with van der Waals surface area (Å²) in [6.45, 7) is 2.36. The molecule has 2 aromatic heterocycles. The maximum Gasteiger partial charge on any atom is 0.252 e. The third-order valence-corrected chi connectivity index (χ3v) is 6.70. The smallest absolute Gasteiger partial charge is 0.252 e. The molecule has 2 N–H and O–H groups in total. The molecular weight excluding hydrogens is 508 g/mol. The summed E-state index contributed by atoms with van der Waals surface area (Å²) < 4.78 is 21.8. The van der Waals surface area contributed by atoms with Crippen molar-refractivity contribution < 1.29 is 23.7 Å². The molecule has 0 radical (unpaired) electrons. The number of amides is 1. The fraction of sp³-hybridized carbons (Fsp3) is 0.194. The summed E-state index contributed by atoms with van der Waals surface area (Å²) in [7, 11) is 6.30. The fourth-order valence-electron chi connectivity index (χ4n) is 4.52. The van der Waals surface area contributed by atoms with E-state index in [4.69, 9.17) is 23.9 Å². The minimum absolute atomic E-state index is 0.265. The average Bonchev–Trinajstić information content (AvgIpc) is 3.43. The van der Waals surface area contributed by atoms with Crippen LogP contribution in [0.15, 0.2) is 66.7 Å². The van der Waals surface area contributed by atoms with Crippen molar-refractivity contribution in [2.45, 2.75) is 13.5 Å². The fourth-order valence-corrected chi connectivity index (χ4v) is 4.52. The van der Waals surface area contributed by atoms with Gasteiger partial charge >= 0.3 is 0 Å². The minimum atomic E-state index is -0.265. The number of aromatic nitrogens is 3. The summed E-state index contributed by atoms with van der Waals surface area (Å²) in [5.74, 6) is 2.03. The van der Waals surface area contributed by atoms with Gasteiger partial charge in [0.2, 0.25) is 0 Å². The lowest BCUT2D eigenvalue weighted by Crippen LogP contribution is -2.23. The zero-order chi connectivity index (χ0) is 28.2. The summed E-state index contributed by atoms with van der Waals surface area (Å²) in [6.07, 6.45) is 0. The van der Waals surface area contributed by atoms with E-state index in [9.17, 15) is 4.79 Å². The van der Waals surface area contributed by atoms with Crippen LogP contribution in [0.2, 0.25) is 0 Å². The van der Waals surface area contributed by atoms with E-state index >= 15 is 0 Å². The molecule has 0 aliphatic carbocycles. The molecule has 0 aliphatic rings. The van der Waals surface area contributed by atoms with Gasteiger partial charge in [-0.3, -0.25) is 9.89 Å². The van der Waals surface area contributed by atoms with E-state index in [0.717, 1.165) is 22.4 Å². The van der Waals surface area contributed by atoms with Crippen LogP contribution in [0.5, 0.6) is 23.0 Å². The monoisotopic (exact) mass is 538 g/mol. The number of aromatic amines is 1. The maximum atomic E-state index is 13.8. The Morgan fingerprint density at radius 3 is 2.15 bits per heavy atom. The molecule has 9 heteroatoms. The normalized spacial score (nSPS) is 10.8. The van der Waals surface area contributed by atoms with Crippen LogP contribution in [0.1, 0.15) is 21.5 Å². The van der Waals surface area contributed by atoms with E-state index in [2.05, 4.69) is 15.5 Å². The molecule has 5 rings (SSSR count). The molecule has 5 aromatic rings. The first-order valence-electron chi connectivity index (χ1n) is 12.6. The highest BCUT2D eigenvalue weighted by atomic mass is 16.5.